The maximum absolute atomic E-state index is 9.06. The molecule has 0 aromatic rings. The van der Waals surface area contributed by atoms with Crippen molar-refractivity contribution >= 4 is 11.0 Å². The van der Waals surface area contributed by atoms with Crippen molar-refractivity contribution in [3.63, 3.8) is 0 Å². The minimum atomic E-state index is -0.403. The number of hydrogen-bond acceptors (Lipinski definition) is 0. The molecule has 0 amide bonds. The highest BCUT2D eigenvalue weighted by Crippen LogP contribution is 1.37. The van der Waals surface area contributed by atoms with Crippen LogP contribution in [0, 0.1) is 12.3 Å². The van der Waals surface area contributed by atoms with E-state index in [0.29, 0.717) is 0 Å². The van der Waals surface area contributed by atoms with Crippen LogP contribution in [0.1, 0.15) is 0 Å². The van der Waals surface area contributed by atoms with Gasteiger partial charge in [-0.15, -0.1) is 6.42 Å². The van der Waals surface area contributed by atoms with Crippen molar-refractivity contribution in [1.29, 1.82) is 0 Å². The lowest BCUT2D eigenvalue weighted by Gasteiger charge is -1.49. The van der Waals surface area contributed by atoms with Crippen LogP contribution in [0.2, 0.25) is 0 Å². The zero-order valence-electron chi connectivity index (χ0n) is 2.19. The lowest BCUT2D eigenvalue weighted by atomic mass is 10.8. The molecule has 0 spiro atoms. The second kappa shape index (κ2) is 9.28. The molecule has 0 saturated heterocycles. The summed E-state index contributed by atoms with van der Waals surface area (Å²) in [5, 5.41) is 9.06. The average Bonchev–Trinajstić information content (AvgIpc) is 1.37. The average molecular weight is 87.2 g/mol. The van der Waals surface area contributed by atoms with Gasteiger partial charge in [-0.3, -0.25) is 0 Å². The molecule has 0 rings (SSSR count). The molecule has 0 aliphatic carbocycles. The molecule has 1 nitrogen and oxygen atoms in total. The van der Waals surface area contributed by atoms with Gasteiger partial charge in [-0.05, 0) is 11.0 Å². The van der Waals surface area contributed by atoms with Crippen molar-refractivity contribution in [3.05, 3.63) is 0 Å². The molecule has 0 N–H and O–H groups in total. The quantitative estimate of drug-likeness (QED) is 0.256. The van der Waals surface area contributed by atoms with Gasteiger partial charge in [0.2, 0.25) is 0 Å². The van der Waals surface area contributed by atoms with Crippen molar-refractivity contribution in [1.82, 2.24) is 0 Å². The van der Waals surface area contributed by atoms with E-state index in [-0.39, 0.29) is 11.0 Å². The zero-order valence-corrected chi connectivity index (χ0v) is 2.19. The molecular weight excluding hydrogens is 80.1 g/mol. The van der Waals surface area contributed by atoms with Gasteiger partial charge in [0.1, 0.15) is 6.61 Å². The summed E-state index contributed by atoms with van der Waals surface area (Å²) in [4.78, 5) is 0. The molecule has 0 fully saturated rings. The second-order valence-corrected chi connectivity index (χ2v) is 0.348. The normalized spacial score (nSPS) is 4.00. The monoisotopic (exact) mass is 87.0 g/mol. The third-order valence-corrected chi connectivity index (χ3v) is 0.0833. The molecule has 0 saturated carbocycles. The fourth-order valence-electron chi connectivity index (χ4n) is 0. The Morgan fingerprint density at radius 1 is 1.80 bits per heavy atom. The SMILES string of the molecule is C#CC[O].[SiH4]. The van der Waals surface area contributed by atoms with Gasteiger partial charge in [-0.25, -0.2) is 5.11 Å². The zero-order chi connectivity index (χ0) is 3.41. The Balaban J connectivity index is 0. The number of rotatable bonds is 0. The Labute approximate surface area is 36.0 Å². The number of hydrogen-bond donors (Lipinski definition) is 0. The van der Waals surface area contributed by atoms with Gasteiger partial charge < -0.3 is 0 Å². The summed E-state index contributed by atoms with van der Waals surface area (Å²) >= 11 is 0. The van der Waals surface area contributed by atoms with E-state index < -0.39 is 6.61 Å². The summed E-state index contributed by atoms with van der Waals surface area (Å²) in [7, 11) is 0. The van der Waals surface area contributed by atoms with Crippen LogP contribution in [0.5, 0.6) is 0 Å². The highest BCUT2D eigenvalue weighted by atomic mass is 28.1. The van der Waals surface area contributed by atoms with Crippen LogP contribution >= 0.6 is 0 Å². The van der Waals surface area contributed by atoms with E-state index in [4.69, 9.17) is 5.11 Å². The van der Waals surface area contributed by atoms with E-state index in [1.54, 1.807) is 0 Å². The molecule has 5 heavy (non-hydrogen) atoms. The van der Waals surface area contributed by atoms with E-state index in [1.807, 2.05) is 5.92 Å². The maximum atomic E-state index is 9.06. The fraction of sp³-hybridized carbons (Fsp3) is 0.333. The Morgan fingerprint density at radius 3 is 2.00 bits per heavy atom. The minimum Gasteiger partial charge on any atom is -0.223 e. The molecule has 0 aromatic carbocycles. The van der Waals surface area contributed by atoms with E-state index in [0.717, 1.165) is 0 Å². The molecule has 2 heteroatoms. The van der Waals surface area contributed by atoms with Gasteiger partial charge in [-0.2, -0.15) is 0 Å². The first-order valence-corrected chi connectivity index (χ1v) is 0.931. The molecule has 0 bridgehead atoms. The van der Waals surface area contributed by atoms with Crippen LogP contribution in [0.3, 0.4) is 0 Å². The topological polar surface area (TPSA) is 19.9 Å². The summed E-state index contributed by atoms with van der Waals surface area (Å²) in [6, 6.07) is 0. The van der Waals surface area contributed by atoms with Gasteiger partial charge in [0.05, 0.1) is 0 Å². The first-order chi connectivity index (χ1) is 1.91. The van der Waals surface area contributed by atoms with Crippen LogP contribution in [-0.2, 0) is 5.11 Å². The second-order valence-electron chi connectivity index (χ2n) is 0.348. The molecule has 1 radical (unpaired) electrons. The summed E-state index contributed by atoms with van der Waals surface area (Å²) in [5.41, 5.74) is 0. The molecular formula is C3H7OSi. The number of terminal acetylenes is 1. The molecule has 0 aliphatic heterocycles. The molecule has 0 atom stereocenters. The molecule has 0 aliphatic rings. The van der Waals surface area contributed by atoms with Crippen LogP contribution in [0.15, 0.2) is 0 Å². The first-order valence-electron chi connectivity index (χ1n) is 0.931. The van der Waals surface area contributed by atoms with Crippen molar-refractivity contribution in [2.24, 2.45) is 0 Å². The van der Waals surface area contributed by atoms with Crippen molar-refractivity contribution < 1.29 is 5.11 Å². The fourth-order valence-corrected chi connectivity index (χ4v) is 0. The predicted molar refractivity (Wildman–Crippen MR) is 25.7 cm³/mol. The Morgan fingerprint density at radius 2 is 2.00 bits per heavy atom. The van der Waals surface area contributed by atoms with E-state index in [9.17, 15) is 0 Å². The van der Waals surface area contributed by atoms with Crippen molar-refractivity contribution in [2.75, 3.05) is 6.61 Å². The highest BCUT2D eigenvalue weighted by Gasteiger charge is 1.48. The van der Waals surface area contributed by atoms with Crippen LogP contribution in [-0.4, -0.2) is 17.6 Å². The van der Waals surface area contributed by atoms with E-state index in [1.165, 1.54) is 0 Å². The molecule has 0 unspecified atom stereocenters. The van der Waals surface area contributed by atoms with Crippen LogP contribution < -0.4 is 0 Å². The third kappa shape index (κ3) is 20.8. The largest absolute Gasteiger partial charge is 0.223 e. The van der Waals surface area contributed by atoms with Crippen molar-refractivity contribution in [3.8, 4) is 12.3 Å². The molecule has 0 heterocycles. The summed E-state index contributed by atoms with van der Waals surface area (Å²) < 4.78 is 0. The minimum absolute atomic E-state index is 0. The maximum Gasteiger partial charge on any atom is 0.142 e. The summed E-state index contributed by atoms with van der Waals surface area (Å²) in [5.74, 6) is 1.88. The first kappa shape index (κ1) is 8.83. The lowest BCUT2D eigenvalue weighted by Crippen LogP contribution is -1.60. The Bertz CT molecular complexity index is 36.6. The highest BCUT2D eigenvalue weighted by molar-refractivity contribution is 5.75. The van der Waals surface area contributed by atoms with Gasteiger partial charge in [-0.1, -0.05) is 5.92 Å². The molecule has 0 aromatic heterocycles. The van der Waals surface area contributed by atoms with E-state index >= 15 is 0 Å². The van der Waals surface area contributed by atoms with Gasteiger partial charge in [0, 0.05) is 0 Å². The lowest BCUT2D eigenvalue weighted by molar-refractivity contribution is 0.239. The Hall–Kier alpha value is -0.263. The predicted octanol–water partition coefficient (Wildman–Crippen LogP) is -1.40. The smallest absolute Gasteiger partial charge is 0.142 e. The van der Waals surface area contributed by atoms with E-state index in [2.05, 4.69) is 6.42 Å². The summed E-state index contributed by atoms with van der Waals surface area (Å²) in [6.45, 7) is -0.403. The third-order valence-electron chi connectivity index (χ3n) is 0.0833. The van der Waals surface area contributed by atoms with Gasteiger partial charge in [0.15, 0.2) is 0 Å². The molecule has 29 valence electrons. The van der Waals surface area contributed by atoms with Crippen molar-refractivity contribution in [2.45, 2.75) is 0 Å². The van der Waals surface area contributed by atoms with Gasteiger partial charge in [0.25, 0.3) is 0 Å². The summed E-state index contributed by atoms with van der Waals surface area (Å²) in [6.07, 6.45) is 4.47. The Kier molecular flexibility index (Phi) is 16.4. The van der Waals surface area contributed by atoms with Crippen LogP contribution in [0.25, 0.3) is 0 Å². The van der Waals surface area contributed by atoms with Crippen LogP contribution in [0.4, 0.5) is 0 Å². The standard InChI is InChI=1S/C3H3O.H4Si/c1-2-3-4;/h1H,3H2;1H4. The van der Waals surface area contributed by atoms with Gasteiger partial charge >= 0.3 is 0 Å².